The van der Waals surface area contributed by atoms with Crippen molar-refractivity contribution in [2.24, 2.45) is 0 Å². The summed E-state index contributed by atoms with van der Waals surface area (Å²) in [6.45, 7) is 0. The molecule has 0 aliphatic carbocycles. The lowest BCUT2D eigenvalue weighted by molar-refractivity contribution is 0.603. The Morgan fingerprint density at radius 3 is 2.94 bits per heavy atom. The molecule has 1 heterocycles. The van der Waals surface area contributed by atoms with Gasteiger partial charge in [-0.3, -0.25) is 0 Å². The van der Waals surface area contributed by atoms with Gasteiger partial charge >= 0.3 is 0 Å². The van der Waals surface area contributed by atoms with Gasteiger partial charge in [0.15, 0.2) is 0 Å². The van der Waals surface area contributed by atoms with E-state index in [9.17, 15) is 4.39 Å². The average Bonchev–Trinajstić information content (AvgIpc) is 2.38. The summed E-state index contributed by atoms with van der Waals surface area (Å²) in [6, 6.07) is 10.2. The van der Waals surface area contributed by atoms with Crippen LogP contribution in [0.1, 0.15) is 11.3 Å². The molecule has 0 amide bonds. The van der Waals surface area contributed by atoms with Crippen LogP contribution >= 0.6 is 11.8 Å². The van der Waals surface area contributed by atoms with Gasteiger partial charge < -0.3 is 5.73 Å². The van der Waals surface area contributed by atoms with Crippen LogP contribution in [0.15, 0.2) is 41.4 Å². The lowest BCUT2D eigenvalue weighted by Crippen LogP contribution is -1.92. The molecule has 2 aromatic rings. The van der Waals surface area contributed by atoms with Gasteiger partial charge in [-0.15, -0.1) is 11.8 Å². The highest BCUT2D eigenvalue weighted by molar-refractivity contribution is 7.98. The Bertz CT molecular complexity index is 607. The Morgan fingerprint density at radius 2 is 2.22 bits per heavy atom. The molecule has 3 nitrogen and oxygen atoms in total. The van der Waals surface area contributed by atoms with E-state index in [1.54, 1.807) is 24.4 Å². The molecule has 0 saturated heterocycles. The second kappa shape index (κ2) is 5.52. The lowest BCUT2D eigenvalue weighted by atomic mass is 10.2. The summed E-state index contributed by atoms with van der Waals surface area (Å²) >= 11 is 1.32. The molecule has 5 heteroatoms. The Balaban J connectivity index is 2.14. The molecule has 0 fully saturated rings. The number of nitrogens with zero attached hydrogens (tertiary/aromatic N) is 2. The van der Waals surface area contributed by atoms with Gasteiger partial charge in [0.25, 0.3) is 0 Å². The number of aromatic nitrogens is 1. The van der Waals surface area contributed by atoms with Crippen molar-refractivity contribution in [2.45, 2.75) is 10.6 Å². The summed E-state index contributed by atoms with van der Waals surface area (Å²) in [5.41, 5.74) is 7.05. The molecule has 1 aromatic heterocycles. The first-order valence-electron chi connectivity index (χ1n) is 5.22. The van der Waals surface area contributed by atoms with Crippen molar-refractivity contribution in [3.8, 4) is 6.07 Å². The zero-order chi connectivity index (χ0) is 13.0. The smallest absolute Gasteiger partial charge is 0.144 e. The van der Waals surface area contributed by atoms with E-state index in [2.05, 4.69) is 4.98 Å². The van der Waals surface area contributed by atoms with Crippen molar-refractivity contribution in [3.05, 3.63) is 53.6 Å². The van der Waals surface area contributed by atoms with Crippen LogP contribution in [0.2, 0.25) is 0 Å². The number of nitriles is 1. The van der Waals surface area contributed by atoms with Crippen LogP contribution in [0, 0.1) is 17.1 Å². The minimum atomic E-state index is -0.345. The second-order valence-electron chi connectivity index (χ2n) is 3.60. The highest BCUT2D eigenvalue weighted by atomic mass is 32.2. The highest BCUT2D eigenvalue weighted by Crippen LogP contribution is 2.27. The third kappa shape index (κ3) is 2.79. The molecule has 0 saturated carbocycles. The van der Waals surface area contributed by atoms with Crippen molar-refractivity contribution < 1.29 is 4.39 Å². The zero-order valence-corrected chi connectivity index (χ0v) is 10.2. The standard InChI is InChI=1S/C13H10FN3S/c14-11-6-10(16)3-4-13(11)18-8-9-2-1-5-17-12(9)7-15/h1-6H,8,16H2. The number of nitrogen functional groups attached to an aromatic ring is 1. The number of halogens is 1. The van der Waals surface area contributed by atoms with Crippen molar-refractivity contribution in [3.63, 3.8) is 0 Å². The monoisotopic (exact) mass is 259 g/mol. The van der Waals surface area contributed by atoms with Gasteiger partial charge in [-0.05, 0) is 29.8 Å². The molecule has 0 radical (unpaired) electrons. The van der Waals surface area contributed by atoms with Crippen molar-refractivity contribution in [1.29, 1.82) is 5.26 Å². The van der Waals surface area contributed by atoms with Gasteiger partial charge in [-0.1, -0.05) is 6.07 Å². The lowest BCUT2D eigenvalue weighted by Gasteiger charge is -2.05. The largest absolute Gasteiger partial charge is 0.399 e. The summed E-state index contributed by atoms with van der Waals surface area (Å²) in [7, 11) is 0. The van der Waals surface area contributed by atoms with Crippen LogP contribution in [-0.2, 0) is 5.75 Å². The molecule has 18 heavy (non-hydrogen) atoms. The number of benzene rings is 1. The maximum atomic E-state index is 13.6. The fourth-order valence-corrected chi connectivity index (χ4v) is 2.35. The number of nitrogens with two attached hydrogens (primary N) is 1. The molecule has 0 spiro atoms. The number of hydrogen-bond donors (Lipinski definition) is 1. The maximum Gasteiger partial charge on any atom is 0.144 e. The van der Waals surface area contributed by atoms with Gasteiger partial charge in [-0.2, -0.15) is 5.26 Å². The van der Waals surface area contributed by atoms with Crippen LogP contribution in [0.4, 0.5) is 10.1 Å². The first kappa shape index (κ1) is 12.4. The fraction of sp³-hybridized carbons (Fsp3) is 0.0769. The molecular weight excluding hydrogens is 249 g/mol. The number of pyridine rings is 1. The quantitative estimate of drug-likeness (QED) is 0.680. The minimum absolute atomic E-state index is 0.345. The number of hydrogen-bond acceptors (Lipinski definition) is 4. The van der Waals surface area contributed by atoms with E-state index in [1.165, 1.54) is 17.8 Å². The summed E-state index contributed by atoms with van der Waals surface area (Å²) in [5, 5.41) is 8.89. The number of anilines is 1. The third-order valence-electron chi connectivity index (χ3n) is 2.34. The fourth-order valence-electron chi connectivity index (χ4n) is 1.45. The molecule has 0 aliphatic heterocycles. The number of thioether (sulfide) groups is 1. The van der Waals surface area contributed by atoms with Gasteiger partial charge in [0.1, 0.15) is 17.6 Å². The summed E-state index contributed by atoms with van der Waals surface area (Å²) in [5.74, 6) is 0.153. The maximum absolute atomic E-state index is 13.6. The molecular formula is C13H10FN3S. The minimum Gasteiger partial charge on any atom is -0.399 e. The normalized spacial score (nSPS) is 10.0. The molecule has 1 aromatic carbocycles. The van der Waals surface area contributed by atoms with Crippen LogP contribution in [0.3, 0.4) is 0 Å². The second-order valence-corrected chi connectivity index (χ2v) is 4.62. The molecule has 2 N–H and O–H groups in total. The van der Waals surface area contributed by atoms with E-state index in [4.69, 9.17) is 11.0 Å². The molecule has 0 unspecified atom stereocenters. The Kier molecular flexibility index (Phi) is 3.80. The van der Waals surface area contributed by atoms with Crippen molar-refractivity contribution in [1.82, 2.24) is 4.98 Å². The Labute approximate surface area is 108 Å². The van der Waals surface area contributed by atoms with E-state index in [0.29, 0.717) is 22.0 Å². The Hall–Kier alpha value is -2.06. The zero-order valence-electron chi connectivity index (χ0n) is 9.43. The highest BCUT2D eigenvalue weighted by Gasteiger charge is 2.06. The number of rotatable bonds is 3. The van der Waals surface area contributed by atoms with Gasteiger partial charge in [0.2, 0.25) is 0 Å². The van der Waals surface area contributed by atoms with Crippen molar-refractivity contribution in [2.75, 3.05) is 5.73 Å². The van der Waals surface area contributed by atoms with E-state index >= 15 is 0 Å². The van der Waals surface area contributed by atoms with Crippen LogP contribution in [0.25, 0.3) is 0 Å². The van der Waals surface area contributed by atoms with Crippen molar-refractivity contribution >= 4 is 17.4 Å². The molecule has 0 bridgehead atoms. The summed E-state index contributed by atoms with van der Waals surface area (Å²) in [4.78, 5) is 4.47. The topological polar surface area (TPSA) is 62.7 Å². The summed E-state index contributed by atoms with van der Waals surface area (Å²) in [6.07, 6.45) is 1.57. The van der Waals surface area contributed by atoms with Gasteiger partial charge in [0.05, 0.1) is 0 Å². The summed E-state index contributed by atoms with van der Waals surface area (Å²) < 4.78 is 13.6. The predicted octanol–water partition coefficient (Wildman–Crippen LogP) is 2.97. The van der Waals surface area contributed by atoms with Crippen LogP contribution in [-0.4, -0.2) is 4.98 Å². The SMILES string of the molecule is N#Cc1ncccc1CSc1ccc(N)cc1F. The van der Waals surface area contributed by atoms with E-state index in [-0.39, 0.29) is 5.82 Å². The third-order valence-corrected chi connectivity index (χ3v) is 3.43. The van der Waals surface area contributed by atoms with E-state index in [1.807, 2.05) is 12.1 Å². The van der Waals surface area contributed by atoms with Crippen LogP contribution in [0.5, 0.6) is 0 Å². The Morgan fingerprint density at radius 1 is 1.39 bits per heavy atom. The molecule has 90 valence electrons. The van der Waals surface area contributed by atoms with E-state index < -0.39 is 0 Å². The molecule has 0 atom stereocenters. The molecule has 0 aliphatic rings. The van der Waals surface area contributed by atoms with E-state index in [0.717, 1.165) is 5.56 Å². The molecule has 2 rings (SSSR count). The first-order chi connectivity index (χ1) is 8.70. The van der Waals surface area contributed by atoms with Crippen LogP contribution < -0.4 is 5.73 Å². The predicted molar refractivity (Wildman–Crippen MR) is 69.3 cm³/mol. The van der Waals surface area contributed by atoms with Gasteiger partial charge in [0, 0.05) is 22.5 Å². The average molecular weight is 259 g/mol. The first-order valence-corrected chi connectivity index (χ1v) is 6.21. The van der Waals surface area contributed by atoms with Gasteiger partial charge in [-0.25, -0.2) is 9.37 Å².